The van der Waals surface area contributed by atoms with Crippen LogP contribution in [-0.2, 0) is 9.59 Å². The number of hydrogen-bond acceptors (Lipinski definition) is 2. The van der Waals surface area contributed by atoms with Gasteiger partial charge in [-0.05, 0) is 43.9 Å². The van der Waals surface area contributed by atoms with Crippen LogP contribution in [0.3, 0.4) is 0 Å². The second kappa shape index (κ2) is 9.23. The molecule has 1 fully saturated rings. The maximum atomic E-state index is 12.4. The van der Waals surface area contributed by atoms with Crippen molar-refractivity contribution in [3.05, 3.63) is 28.3 Å². The van der Waals surface area contributed by atoms with E-state index in [-0.39, 0.29) is 17.9 Å². The van der Waals surface area contributed by atoms with Crippen LogP contribution in [-0.4, -0.2) is 29.3 Å². The van der Waals surface area contributed by atoms with E-state index in [0.717, 1.165) is 24.0 Å². The highest BCUT2D eigenvalue weighted by atomic mass is 35.5. The second-order valence-electron chi connectivity index (χ2n) is 7.09. The van der Waals surface area contributed by atoms with E-state index in [2.05, 4.69) is 5.32 Å². The lowest BCUT2D eigenvalue weighted by Gasteiger charge is -2.30. The fraction of sp³-hybridized carbons (Fsp3) is 0.600. The van der Waals surface area contributed by atoms with E-state index < -0.39 is 0 Å². The van der Waals surface area contributed by atoms with Gasteiger partial charge >= 0.3 is 0 Å². The van der Waals surface area contributed by atoms with Gasteiger partial charge in [0.25, 0.3) is 0 Å². The number of aryl methyl sites for hydroxylation is 2. The predicted molar refractivity (Wildman–Crippen MR) is 103 cm³/mol. The van der Waals surface area contributed by atoms with Crippen molar-refractivity contribution < 1.29 is 9.59 Å². The average molecular weight is 365 g/mol. The number of hydrogen-bond donors (Lipinski definition) is 1. The molecule has 0 atom stereocenters. The minimum Gasteiger partial charge on any atom is -0.339 e. The van der Waals surface area contributed by atoms with Crippen molar-refractivity contribution in [1.29, 1.82) is 0 Å². The maximum absolute atomic E-state index is 12.4. The monoisotopic (exact) mass is 364 g/mol. The van der Waals surface area contributed by atoms with Gasteiger partial charge < -0.3 is 10.2 Å². The molecule has 0 saturated heterocycles. The Balaban J connectivity index is 1.96. The number of carbonyl (C=O) groups is 2. The summed E-state index contributed by atoms with van der Waals surface area (Å²) in [6.45, 7) is 5.97. The van der Waals surface area contributed by atoms with Crippen LogP contribution in [0.4, 0.5) is 5.69 Å². The molecule has 0 unspecified atom stereocenters. The van der Waals surface area contributed by atoms with Crippen LogP contribution in [0.5, 0.6) is 0 Å². The molecule has 2 amide bonds. The zero-order chi connectivity index (χ0) is 18.4. The minimum absolute atomic E-state index is 0.0595. The first-order valence-corrected chi connectivity index (χ1v) is 9.60. The number of benzene rings is 1. The zero-order valence-electron chi connectivity index (χ0n) is 15.5. The van der Waals surface area contributed by atoms with Gasteiger partial charge in [-0.15, -0.1) is 0 Å². The average Bonchev–Trinajstić information content (AvgIpc) is 2.80. The fourth-order valence-electron chi connectivity index (χ4n) is 3.66. The molecule has 0 aromatic heterocycles. The van der Waals surface area contributed by atoms with Crippen molar-refractivity contribution in [3.8, 4) is 0 Å². The summed E-state index contributed by atoms with van der Waals surface area (Å²) in [4.78, 5) is 26.3. The first-order chi connectivity index (χ1) is 11.9. The van der Waals surface area contributed by atoms with E-state index in [4.69, 9.17) is 11.6 Å². The zero-order valence-corrected chi connectivity index (χ0v) is 16.3. The van der Waals surface area contributed by atoms with Crippen molar-refractivity contribution in [1.82, 2.24) is 4.90 Å². The van der Waals surface area contributed by atoms with Gasteiger partial charge in [-0.25, -0.2) is 0 Å². The van der Waals surface area contributed by atoms with Gasteiger partial charge in [0.2, 0.25) is 11.8 Å². The molecule has 0 radical (unpaired) electrons. The summed E-state index contributed by atoms with van der Waals surface area (Å²) in [7, 11) is 0. The first kappa shape index (κ1) is 19.8. The number of amides is 2. The smallest absolute Gasteiger partial charge is 0.226 e. The third-order valence-electron chi connectivity index (χ3n) is 4.95. The lowest BCUT2D eigenvalue weighted by molar-refractivity contribution is -0.131. The SMILES string of the molecule is CC(=O)N(CCC(=O)Nc1c(C)cc(C)cc1Cl)C1CCCCCC1. The largest absolute Gasteiger partial charge is 0.339 e. The van der Waals surface area contributed by atoms with Crippen LogP contribution >= 0.6 is 11.6 Å². The number of carbonyl (C=O) groups excluding carboxylic acids is 2. The fourth-order valence-corrected chi connectivity index (χ4v) is 4.03. The molecule has 1 aliphatic rings. The van der Waals surface area contributed by atoms with Crippen LogP contribution in [0, 0.1) is 13.8 Å². The van der Waals surface area contributed by atoms with Gasteiger partial charge in [0, 0.05) is 25.9 Å². The second-order valence-corrected chi connectivity index (χ2v) is 7.50. The summed E-state index contributed by atoms with van der Waals surface area (Å²) >= 11 is 6.25. The van der Waals surface area contributed by atoms with Crippen molar-refractivity contribution >= 4 is 29.1 Å². The number of nitrogens with one attached hydrogen (secondary N) is 1. The molecular weight excluding hydrogens is 336 g/mol. The third kappa shape index (κ3) is 5.74. The Morgan fingerprint density at radius 1 is 1.16 bits per heavy atom. The van der Waals surface area contributed by atoms with Crippen LogP contribution in [0.15, 0.2) is 12.1 Å². The summed E-state index contributed by atoms with van der Waals surface area (Å²) in [5.41, 5.74) is 2.68. The molecule has 1 aromatic rings. The number of halogens is 1. The minimum atomic E-state index is -0.103. The summed E-state index contributed by atoms with van der Waals surface area (Å²) in [6.07, 6.45) is 7.20. The Morgan fingerprint density at radius 3 is 2.36 bits per heavy atom. The Kier molecular flexibility index (Phi) is 7.30. The molecule has 1 aliphatic carbocycles. The molecule has 1 N–H and O–H groups in total. The molecular formula is C20H29ClN2O2. The Hall–Kier alpha value is -1.55. The first-order valence-electron chi connectivity index (χ1n) is 9.22. The third-order valence-corrected chi connectivity index (χ3v) is 5.24. The number of nitrogens with zero attached hydrogens (tertiary/aromatic N) is 1. The maximum Gasteiger partial charge on any atom is 0.226 e. The molecule has 0 bridgehead atoms. The lowest BCUT2D eigenvalue weighted by Crippen LogP contribution is -2.40. The molecule has 0 heterocycles. The van der Waals surface area contributed by atoms with Gasteiger partial charge in [-0.1, -0.05) is 43.4 Å². The molecule has 138 valence electrons. The Bertz CT molecular complexity index is 599. The van der Waals surface area contributed by atoms with Crippen LogP contribution in [0.25, 0.3) is 0 Å². The lowest BCUT2D eigenvalue weighted by atomic mass is 10.1. The summed E-state index contributed by atoms with van der Waals surface area (Å²) in [6, 6.07) is 4.12. The van der Waals surface area contributed by atoms with Gasteiger partial charge in [0.15, 0.2) is 0 Å². The Labute approximate surface area is 155 Å². The van der Waals surface area contributed by atoms with Crippen molar-refractivity contribution in [2.45, 2.75) is 71.8 Å². The van der Waals surface area contributed by atoms with Gasteiger partial charge in [0.1, 0.15) is 0 Å². The van der Waals surface area contributed by atoms with Gasteiger partial charge in [-0.2, -0.15) is 0 Å². The summed E-state index contributed by atoms with van der Waals surface area (Å²) in [5.74, 6) is -0.0435. The number of rotatable bonds is 5. The van der Waals surface area contributed by atoms with Crippen LogP contribution in [0.1, 0.15) is 63.0 Å². The van der Waals surface area contributed by atoms with Crippen molar-refractivity contribution in [2.75, 3.05) is 11.9 Å². The highest BCUT2D eigenvalue weighted by Crippen LogP contribution is 2.27. The molecule has 0 aliphatic heterocycles. The van der Waals surface area contributed by atoms with Gasteiger partial charge in [-0.3, -0.25) is 9.59 Å². The van der Waals surface area contributed by atoms with E-state index >= 15 is 0 Å². The van der Waals surface area contributed by atoms with Gasteiger partial charge in [0.05, 0.1) is 10.7 Å². The molecule has 4 nitrogen and oxygen atoms in total. The van der Waals surface area contributed by atoms with E-state index in [9.17, 15) is 9.59 Å². The molecule has 0 spiro atoms. The van der Waals surface area contributed by atoms with Crippen LogP contribution < -0.4 is 5.32 Å². The number of anilines is 1. The Morgan fingerprint density at radius 2 is 1.80 bits per heavy atom. The highest BCUT2D eigenvalue weighted by Gasteiger charge is 2.23. The standard InChI is InChI=1S/C20H29ClN2O2/c1-14-12-15(2)20(18(21)13-14)22-19(25)10-11-23(16(3)24)17-8-6-4-5-7-9-17/h12-13,17H,4-11H2,1-3H3,(H,22,25). The van der Waals surface area contributed by atoms with Crippen LogP contribution in [0.2, 0.25) is 5.02 Å². The highest BCUT2D eigenvalue weighted by molar-refractivity contribution is 6.34. The summed E-state index contributed by atoms with van der Waals surface area (Å²) < 4.78 is 0. The van der Waals surface area contributed by atoms with Crippen molar-refractivity contribution in [2.24, 2.45) is 0 Å². The topological polar surface area (TPSA) is 49.4 Å². The predicted octanol–water partition coefficient (Wildman–Crippen LogP) is 4.86. The van der Waals surface area contributed by atoms with Crippen molar-refractivity contribution in [3.63, 3.8) is 0 Å². The normalized spacial score (nSPS) is 15.5. The van der Waals surface area contributed by atoms with E-state index in [1.165, 1.54) is 25.7 Å². The molecule has 2 rings (SSSR count). The quantitative estimate of drug-likeness (QED) is 0.758. The molecule has 1 saturated carbocycles. The molecule has 1 aromatic carbocycles. The summed E-state index contributed by atoms with van der Waals surface area (Å²) in [5, 5.41) is 3.46. The molecule has 5 heteroatoms. The van der Waals surface area contributed by atoms with E-state index in [1.54, 1.807) is 6.92 Å². The van der Waals surface area contributed by atoms with E-state index in [1.807, 2.05) is 30.9 Å². The van der Waals surface area contributed by atoms with E-state index in [0.29, 0.717) is 23.7 Å². The molecule has 25 heavy (non-hydrogen) atoms.